The van der Waals surface area contributed by atoms with Crippen molar-refractivity contribution in [2.75, 3.05) is 40.0 Å². The maximum Gasteiger partial charge on any atom is 0.110 e. The first-order chi connectivity index (χ1) is 10.8. The van der Waals surface area contributed by atoms with Crippen molar-refractivity contribution in [3.05, 3.63) is 34.9 Å². The Morgan fingerprint density at radius 1 is 1.32 bits per heavy atom. The Morgan fingerprint density at radius 3 is 2.86 bits per heavy atom. The van der Waals surface area contributed by atoms with E-state index < -0.39 is 0 Å². The number of methoxy groups -OCH3 is 1. The Kier molecular flexibility index (Phi) is 4.82. The van der Waals surface area contributed by atoms with Crippen LogP contribution in [0.15, 0.2) is 29.6 Å². The Balaban J connectivity index is 1.92. The van der Waals surface area contributed by atoms with Gasteiger partial charge in [0.2, 0.25) is 0 Å². The second-order valence-electron chi connectivity index (χ2n) is 5.52. The number of fused-ring (bicyclic) bond motifs is 1. The van der Waals surface area contributed by atoms with Crippen LogP contribution in [0.25, 0.3) is 10.9 Å². The second kappa shape index (κ2) is 7.00. The zero-order valence-corrected chi connectivity index (χ0v) is 12.8. The van der Waals surface area contributed by atoms with Crippen molar-refractivity contribution in [1.82, 2.24) is 9.47 Å². The van der Waals surface area contributed by atoms with E-state index in [1.54, 1.807) is 13.2 Å². The summed E-state index contributed by atoms with van der Waals surface area (Å²) in [6.07, 6.45) is 2.16. The minimum absolute atomic E-state index is 0.460. The number of nitroso groups, excluding NO2 is 1. The topological polar surface area (TPSA) is 56.1 Å². The predicted octanol–water partition coefficient (Wildman–Crippen LogP) is 2.52. The molecule has 0 aliphatic carbocycles. The number of aromatic nitrogens is 1. The summed E-state index contributed by atoms with van der Waals surface area (Å²) in [4.78, 5) is 13.2. The van der Waals surface area contributed by atoms with Gasteiger partial charge < -0.3 is 14.0 Å². The summed E-state index contributed by atoms with van der Waals surface area (Å²) in [6.45, 7) is 5.80. The molecule has 0 bridgehead atoms. The molecule has 0 unspecified atom stereocenters. The minimum Gasteiger partial charge on any atom is -0.383 e. The number of morpholine rings is 1. The van der Waals surface area contributed by atoms with Crippen molar-refractivity contribution >= 4 is 16.6 Å². The first-order valence-electron chi connectivity index (χ1n) is 7.56. The van der Waals surface area contributed by atoms with Gasteiger partial charge in [-0.3, -0.25) is 4.90 Å². The average Bonchev–Trinajstić information content (AvgIpc) is 2.91. The van der Waals surface area contributed by atoms with Gasteiger partial charge in [0.1, 0.15) is 5.69 Å². The highest BCUT2D eigenvalue weighted by Gasteiger charge is 2.15. The molecule has 1 aromatic heterocycles. The molecule has 0 atom stereocenters. The molecule has 1 saturated heterocycles. The van der Waals surface area contributed by atoms with Crippen LogP contribution < -0.4 is 0 Å². The normalized spacial score (nSPS) is 16.2. The number of rotatable bonds is 6. The van der Waals surface area contributed by atoms with Gasteiger partial charge in [-0.1, -0.05) is 6.07 Å². The highest BCUT2D eigenvalue weighted by Crippen LogP contribution is 2.27. The van der Waals surface area contributed by atoms with Gasteiger partial charge in [0.25, 0.3) is 0 Å². The summed E-state index contributed by atoms with van der Waals surface area (Å²) in [5, 5.41) is 4.22. The number of hydrogen-bond acceptors (Lipinski definition) is 5. The van der Waals surface area contributed by atoms with E-state index in [1.165, 1.54) is 10.9 Å². The SMILES string of the molecule is COCCn1cc(CN2CCOCC2)c2ccc(N=O)cc21. The standard InChI is InChI=1S/C16H21N3O3/c1-21-7-6-19-12-13(11-18-4-8-22-9-5-18)15-3-2-14(17-20)10-16(15)19/h2-3,10,12H,4-9,11H2,1H3. The summed E-state index contributed by atoms with van der Waals surface area (Å²) >= 11 is 0. The fraction of sp³-hybridized carbons (Fsp3) is 0.500. The molecular formula is C16H21N3O3. The summed E-state index contributed by atoms with van der Waals surface area (Å²) in [5.41, 5.74) is 2.77. The van der Waals surface area contributed by atoms with Crippen molar-refractivity contribution < 1.29 is 9.47 Å². The Hall–Kier alpha value is -1.76. The van der Waals surface area contributed by atoms with Gasteiger partial charge in [0, 0.05) is 44.9 Å². The molecule has 0 radical (unpaired) electrons. The van der Waals surface area contributed by atoms with Crippen LogP contribution in [-0.4, -0.2) is 49.5 Å². The lowest BCUT2D eigenvalue weighted by Crippen LogP contribution is -2.35. The highest BCUT2D eigenvalue weighted by atomic mass is 16.5. The van der Waals surface area contributed by atoms with E-state index in [4.69, 9.17) is 9.47 Å². The molecule has 6 nitrogen and oxygen atoms in total. The zero-order chi connectivity index (χ0) is 15.4. The fourth-order valence-electron chi connectivity index (χ4n) is 2.91. The van der Waals surface area contributed by atoms with Crippen LogP contribution in [-0.2, 0) is 22.6 Å². The third-order valence-electron chi connectivity index (χ3n) is 4.09. The third-order valence-corrected chi connectivity index (χ3v) is 4.09. The maximum atomic E-state index is 10.8. The van der Waals surface area contributed by atoms with Crippen molar-refractivity contribution in [2.24, 2.45) is 5.18 Å². The average molecular weight is 303 g/mol. The van der Waals surface area contributed by atoms with Crippen LogP contribution in [0.1, 0.15) is 5.56 Å². The first kappa shape index (κ1) is 15.1. The van der Waals surface area contributed by atoms with Crippen LogP contribution in [0.2, 0.25) is 0 Å². The quantitative estimate of drug-likeness (QED) is 0.769. The zero-order valence-electron chi connectivity index (χ0n) is 12.8. The van der Waals surface area contributed by atoms with Crippen LogP contribution >= 0.6 is 0 Å². The minimum atomic E-state index is 0.460. The Morgan fingerprint density at radius 2 is 2.14 bits per heavy atom. The summed E-state index contributed by atoms with van der Waals surface area (Å²) in [5.74, 6) is 0. The fourth-order valence-corrected chi connectivity index (χ4v) is 2.91. The molecule has 118 valence electrons. The van der Waals surface area contributed by atoms with Gasteiger partial charge in [0.15, 0.2) is 0 Å². The molecule has 0 spiro atoms. The number of ether oxygens (including phenoxy) is 2. The first-order valence-corrected chi connectivity index (χ1v) is 7.56. The predicted molar refractivity (Wildman–Crippen MR) is 85.4 cm³/mol. The lowest BCUT2D eigenvalue weighted by atomic mass is 10.1. The van der Waals surface area contributed by atoms with E-state index in [9.17, 15) is 4.91 Å². The third kappa shape index (κ3) is 3.19. The van der Waals surface area contributed by atoms with Crippen LogP contribution in [0.5, 0.6) is 0 Å². The molecule has 0 amide bonds. The van der Waals surface area contributed by atoms with E-state index >= 15 is 0 Å². The van der Waals surface area contributed by atoms with E-state index in [0.29, 0.717) is 12.3 Å². The molecule has 0 saturated carbocycles. The molecule has 1 aliphatic heterocycles. The molecule has 2 aromatic rings. The van der Waals surface area contributed by atoms with Crippen molar-refractivity contribution in [1.29, 1.82) is 0 Å². The van der Waals surface area contributed by atoms with Crippen molar-refractivity contribution in [3.63, 3.8) is 0 Å². The van der Waals surface area contributed by atoms with E-state index in [2.05, 4.69) is 20.8 Å². The lowest BCUT2D eigenvalue weighted by Gasteiger charge is -2.26. The molecule has 3 rings (SSSR count). The molecule has 1 aliphatic rings. The van der Waals surface area contributed by atoms with E-state index in [1.807, 2.05) is 12.1 Å². The lowest BCUT2D eigenvalue weighted by molar-refractivity contribution is 0.0343. The Labute approximate surface area is 129 Å². The smallest absolute Gasteiger partial charge is 0.110 e. The van der Waals surface area contributed by atoms with Crippen molar-refractivity contribution in [3.8, 4) is 0 Å². The summed E-state index contributed by atoms with van der Waals surface area (Å²) < 4.78 is 12.7. The molecule has 2 heterocycles. The molecule has 22 heavy (non-hydrogen) atoms. The largest absolute Gasteiger partial charge is 0.383 e. The van der Waals surface area contributed by atoms with Gasteiger partial charge in [-0.15, -0.1) is 4.91 Å². The maximum absolute atomic E-state index is 10.8. The molecule has 0 N–H and O–H groups in total. The second-order valence-corrected chi connectivity index (χ2v) is 5.52. The monoisotopic (exact) mass is 303 g/mol. The van der Waals surface area contributed by atoms with Crippen LogP contribution in [0.4, 0.5) is 5.69 Å². The van der Waals surface area contributed by atoms with Crippen molar-refractivity contribution in [2.45, 2.75) is 13.1 Å². The summed E-state index contributed by atoms with van der Waals surface area (Å²) in [7, 11) is 1.69. The van der Waals surface area contributed by atoms with Gasteiger partial charge >= 0.3 is 0 Å². The number of nitrogens with zero attached hydrogens (tertiary/aromatic N) is 3. The van der Waals surface area contributed by atoms with E-state index in [0.717, 1.165) is 44.9 Å². The molecule has 1 fully saturated rings. The molecular weight excluding hydrogens is 282 g/mol. The molecule has 6 heteroatoms. The van der Waals surface area contributed by atoms with Gasteiger partial charge in [0.05, 0.1) is 25.3 Å². The number of benzene rings is 1. The van der Waals surface area contributed by atoms with E-state index in [-0.39, 0.29) is 0 Å². The summed E-state index contributed by atoms with van der Waals surface area (Å²) in [6, 6.07) is 5.62. The van der Waals surface area contributed by atoms with Gasteiger partial charge in [-0.05, 0) is 22.9 Å². The van der Waals surface area contributed by atoms with Gasteiger partial charge in [-0.2, -0.15) is 0 Å². The number of hydrogen-bond donors (Lipinski definition) is 0. The molecule has 1 aromatic carbocycles. The van der Waals surface area contributed by atoms with Gasteiger partial charge in [-0.25, -0.2) is 0 Å². The van der Waals surface area contributed by atoms with Crippen LogP contribution in [0.3, 0.4) is 0 Å². The Bertz CT molecular complexity index is 647. The highest BCUT2D eigenvalue weighted by molar-refractivity contribution is 5.86. The van der Waals surface area contributed by atoms with Crippen LogP contribution in [0, 0.1) is 4.91 Å².